The number of pyridine rings is 1. The number of likely N-dealkylation sites (tertiary alicyclic amines) is 1. The molecule has 3 atom stereocenters. The van der Waals surface area contributed by atoms with Crippen LogP contribution in [0.4, 0.5) is 5.13 Å². The molecule has 0 aromatic carbocycles. The third kappa shape index (κ3) is 6.82. The second-order valence-corrected chi connectivity index (χ2v) is 14.0. The Bertz CT molecular complexity index is 2190. The molecule has 3 aromatic rings. The number of rotatable bonds is 12. The van der Waals surface area contributed by atoms with Crippen molar-refractivity contribution in [1.29, 1.82) is 0 Å². The molecule has 0 bridgehead atoms. The van der Waals surface area contributed by atoms with Gasteiger partial charge in [-0.3, -0.25) is 28.5 Å². The zero-order chi connectivity index (χ0) is 37.7. The molecule has 5 heterocycles. The van der Waals surface area contributed by atoms with Crippen molar-refractivity contribution in [2.45, 2.75) is 42.9 Å². The first-order chi connectivity index (χ1) is 24.5. The van der Waals surface area contributed by atoms with Gasteiger partial charge in [0.05, 0.1) is 17.9 Å². The monoisotopic (exact) mass is 765 g/mol. The summed E-state index contributed by atoms with van der Waals surface area (Å²) in [6.45, 7) is -0.422. The average Bonchev–Trinajstić information content (AvgIpc) is 3.40. The molecule has 6 rings (SSSR count). The molecule has 3 aliphatic rings. The van der Waals surface area contributed by atoms with E-state index in [9.17, 15) is 57.2 Å². The highest BCUT2D eigenvalue weighted by Gasteiger charge is 2.56. The average molecular weight is 766 g/mol. The van der Waals surface area contributed by atoms with Gasteiger partial charge in [-0.2, -0.15) is 13.1 Å². The normalized spacial score (nSPS) is 21.0. The van der Waals surface area contributed by atoms with E-state index in [4.69, 9.17) is 15.1 Å². The van der Waals surface area contributed by atoms with Gasteiger partial charge in [0.15, 0.2) is 16.6 Å². The Morgan fingerprint density at radius 1 is 1.21 bits per heavy atom. The Morgan fingerprint density at radius 2 is 1.94 bits per heavy atom. The molecule has 3 aromatic heterocycles. The predicted octanol–water partition coefficient (Wildman–Crippen LogP) is -2.29. The van der Waals surface area contributed by atoms with Crippen LogP contribution in [0.1, 0.15) is 57.6 Å². The largest absolute Gasteiger partial charge is 0.503 e. The number of aliphatic carboxylic acids is 1. The van der Waals surface area contributed by atoms with Crippen LogP contribution in [0.3, 0.4) is 0 Å². The van der Waals surface area contributed by atoms with Gasteiger partial charge in [0.25, 0.3) is 23.6 Å². The van der Waals surface area contributed by atoms with Crippen molar-refractivity contribution in [2.24, 2.45) is 5.16 Å². The van der Waals surface area contributed by atoms with Crippen LogP contribution in [0.2, 0.25) is 0 Å². The topological polar surface area (TPSA) is 339 Å². The molecule has 3 fully saturated rings. The van der Waals surface area contributed by atoms with Gasteiger partial charge in [0, 0.05) is 55.9 Å². The van der Waals surface area contributed by atoms with Crippen LogP contribution in [-0.2, 0) is 29.5 Å². The Morgan fingerprint density at radius 3 is 2.58 bits per heavy atom. The van der Waals surface area contributed by atoms with Crippen molar-refractivity contribution in [3.05, 3.63) is 56.8 Å². The summed E-state index contributed by atoms with van der Waals surface area (Å²) in [7, 11) is -5.17. The number of aromatic hydroxyl groups is 1. The van der Waals surface area contributed by atoms with E-state index in [-0.39, 0.29) is 58.2 Å². The SMILES string of the molecule is Nc1nc(/C(=N/OC2(C(=O)O)CC2)C(=O)N[C@@H]2C(=O)N(S(=O)(=O)O)[C@@H]2CNC(=O)c2cc([C@@H]3CCN(C(=O)c4cc(=O)c(O)cn4O)C3)no2)cs1. The second-order valence-electron chi connectivity index (χ2n) is 11.8. The van der Waals surface area contributed by atoms with Crippen molar-refractivity contribution < 1.29 is 61.7 Å². The fraction of sp³-hybridized carbons (Fsp3) is 0.370. The molecule has 25 heteroatoms. The lowest BCUT2D eigenvalue weighted by molar-refractivity contribution is -0.153. The van der Waals surface area contributed by atoms with Gasteiger partial charge in [-0.25, -0.2) is 14.1 Å². The minimum absolute atomic E-state index is 0.00873. The number of carboxylic acid groups (broad SMARTS) is 1. The molecular weight excluding hydrogens is 738 g/mol. The Kier molecular flexibility index (Phi) is 9.09. The quantitative estimate of drug-likeness (QED) is 0.0335. The highest BCUT2D eigenvalue weighted by molar-refractivity contribution is 7.84. The van der Waals surface area contributed by atoms with Gasteiger partial charge in [-0.1, -0.05) is 10.3 Å². The standard InChI is InChI=1S/C27H27N9O14S2/c28-26-30-13(10-51-26)19(33-50-27(2-3-27)25(43)44)22(40)31-20-15(36(24(20)42)52(46,47)48)7-29-21(39)18-5-12(32-49-18)11-1-4-34(8-11)23(41)14-6-16(37)17(38)9-35(14)45/h5-6,9-11,15,20,38,45H,1-4,7-8H2,(H2,28,30)(H,29,39)(H,31,40)(H,43,44)(H,46,47,48)/b33-19-/t11-,15-,20+/m1/s1. The number of anilines is 1. The molecular formula is C27H27N9O14S2. The van der Waals surface area contributed by atoms with E-state index in [1.54, 1.807) is 0 Å². The summed E-state index contributed by atoms with van der Waals surface area (Å²) in [5.41, 5.74) is 2.25. The molecule has 276 valence electrons. The van der Waals surface area contributed by atoms with E-state index in [2.05, 4.69) is 25.9 Å². The lowest BCUT2D eigenvalue weighted by atomic mass is 9.98. The van der Waals surface area contributed by atoms with Crippen molar-refractivity contribution in [2.75, 3.05) is 25.4 Å². The summed E-state index contributed by atoms with van der Waals surface area (Å²) < 4.78 is 39.2. The van der Waals surface area contributed by atoms with Gasteiger partial charge in [-0.15, -0.1) is 11.3 Å². The third-order valence-electron chi connectivity index (χ3n) is 8.44. The lowest BCUT2D eigenvalue weighted by Crippen LogP contribution is -2.74. The van der Waals surface area contributed by atoms with Crippen LogP contribution < -0.4 is 21.8 Å². The Hall–Kier alpha value is -6.08. The molecule has 2 aliphatic heterocycles. The Balaban J connectivity index is 1.11. The number of nitrogens with two attached hydrogens (primary N) is 1. The number of hydrogen-bond acceptors (Lipinski definition) is 17. The lowest BCUT2D eigenvalue weighted by Gasteiger charge is -2.44. The van der Waals surface area contributed by atoms with Crippen LogP contribution in [-0.4, -0.2) is 125 Å². The number of nitrogen functional groups attached to an aromatic ring is 1. The molecule has 1 saturated carbocycles. The molecule has 0 spiro atoms. The summed E-state index contributed by atoms with van der Waals surface area (Å²) >= 11 is 0.909. The van der Waals surface area contributed by atoms with Gasteiger partial charge >= 0.3 is 16.3 Å². The number of β-lactam (4-membered cyclic amide) rings is 1. The first-order valence-electron chi connectivity index (χ1n) is 15.0. The van der Waals surface area contributed by atoms with E-state index in [0.29, 0.717) is 17.3 Å². The number of nitrogens with one attached hydrogen (secondary N) is 2. The van der Waals surface area contributed by atoms with Gasteiger partial charge in [-0.05, 0) is 6.42 Å². The number of carbonyl (C=O) groups excluding carboxylic acids is 4. The van der Waals surface area contributed by atoms with Crippen molar-refractivity contribution in [3.8, 4) is 5.75 Å². The maximum atomic E-state index is 13.3. The number of aromatic nitrogens is 3. The minimum atomic E-state index is -5.17. The Labute approximate surface area is 294 Å². The minimum Gasteiger partial charge on any atom is -0.503 e. The number of nitrogens with zero attached hydrogens (tertiary/aromatic N) is 6. The van der Waals surface area contributed by atoms with E-state index >= 15 is 0 Å². The fourth-order valence-corrected chi connectivity index (χ4v) is 6.88. The van der Waals surface area contributed by atoms with Crippen LogP contribution in [0, 0.1) is 0 Å². The van der Waals surface area contributed by atoms with Crippen LogP contribution in [0.25, 0.3) is 0 Å². The maximum Gasteiger partial charge on any atom is 0.362 e. The molecule has 8 N–H and O–H groups in total. The third-order valence-corrected chi connectivity index (χ3v) is 10.1. The molecule has 0 unspecified atom stereocenters. The van der Waals surface area contributed by atoms with Crippen LogP contribution >= 0.6 is 11.3 Å². The first-order valence-corrected chi connectivity index (χ1v) is 17.3. The van der Waals surface area contributed by atoms with Crippen LogP contribution in [0.5, 0.6) is 5.75 Å². The highest BCUT2D eigenvalue weighted by Crippen LogP contribution is 2.40. The summed E-state index contributed by atoms with van der Waals surface area (Å²) in [6.07, 6.45) is 1.24. The number of thiazole rings is 1. The smallest absolute Gasteiger partial charge is 0.362 e. The number of amides is 4. The zero-order valence-corrected chi connectivity index (χ0v) is 27.9. The number of carbonyl (C=O) groups is 5. The van der Waals surface area contributed by atoms with Gasteiger partial charge in [0.2, 0.25) is 16.8 Å². The highest BCUT2D eigenvalue weighted by atomic mass is 32.2. The maximum absolute atomic E-state index is 13.3. The van der Waals surface area contributed by atoms with Crippen molar-refractivity contribution >= 4 is 62.1 Å². The van der Waals surface area contributed by atoms with E-state index in [0.717, 1.165) is 17.4 Å². The summed E-state index contributed by atoms with van der Waals surface area (Å²) in [5, 5.41) is 42.2. The first kappa shape index (κ1) is 35.7. The van der Waals surface area contributed by atoms with E-state index < -0.39 is 86.9 Å². The van der Waals surface area contributed by atoms with Gasteiger partial charge < -0.3 is 46.0 Å². The molecule has 0 radical (unpaired) electrons. The molecule has 4 amide bonds. The molecule has 1 aliphatic carbocycles. The fourth-order valence-electron chi connectivity index (χ4n) is 5.46. The van der Waals surface area contributed by atoms with Crippen LogP contribution in [0.15, 0.2) is 38.2 Å². The molecule has 2 saturated heterocycles. The predicted molar refractivity (Wildman–Crippen MR) is 170 cm³/mol. The van der Waals surface area contributed by atoms with Crippen molar-refractivity contribution in [1.82, 2.24) is 34.7 Å². The van der Waals surface area contributed by atoms with Gasteiger partial charge in [0.1, 0.15) is 17.4 Å². The number of hydrogen-bond donors (Lipinski definition) is 7. The summed E-state index contributed by atoms with van der Waals surface area (Å²) in [4.78, 5) is 85.6. The zero-order valence-electron chi connectivity index (χ0n) is 26.2. The van der Waals surface area contributed by atoms with E-state index in [1.165, 1.54) is 16.3 Å². The molecule has 23 nitrogen and oxygen atoms in total. The molecule has 52 heavy (non-hydrogen) atoms. The summed E-state index contributed by atoms with van der Waals surface area (Å²) in [5.74, 6) is -6.94. The number of oxime groups is 1. The second kappa shape index (κ2) is 13.2. The van der Waals surface area contributed by atoms with E-state index in [1.807, 2.05) is 0 Å². The van der Waals surface area contributed by atoms with Crippen molar-refractivity contribution in [3.63, 3.8) is 0 Å². The number of carboxylic acids is 1. The summed E-state index contributed by atoms with van der Waals surface area (Å²) in [6, 6.07) is -1.18.